The smallest absolute Gasteiger partial charge is 0.230 e. The Morgan fingerprint density at radius 2 is 1.78 bits per heavy atom. The van der Waals surface area contributed by atoms with Gasteiger partial charge in [0.25, 0.3) is 0 Å². The molecule has 2 aliphatic rings. The second kappa shape index (κ2) is 8.48. The Hall–Kier alpha value is -1.14. The first kappa shape index (κ1) is 19.2. The number of hydrogen-bond acceptors (Lipinski definition) is 5. The minimum Gasteiger partial charge on any atom is -0.353 e. The molecule has 1 amide bonds. The highest BCUT2D eigenvalue weighted by atomic mass is 32.2. The van der Waals surface area contributed by atoms with Crippen molar-refractivity contribution in [2.75, 3.05) is 5.75 Å². The average Bonchev–Trinajstić information content (AvgIpc) is 3.28. The van der Waals surface area contributed by atoms with Gasteiger partial charge in [0.05, 0.1) is 5.75 Å². The van der Waals surface area contributed by atoms with Crippen LogP contribution in [0.4, 0.5) is 0 Å². The van der Waals surface area contributed by atoms with E-state index in [-0.39, 0.29) is 5.91 Å². The third kappa shape index (κ3) is 4.32. The van der Waals surface area contributed by atoms with E-state index in [9.17, 15) is 4.79 Å². The SMILES string of the molecule is Cc1sc2nc(C3CCCCC3)nc(SCC(=O)NC3CCCC3)c2c1C. The van der Waals surface area contributed by atoms with Crippen molar-refractivity contribution in [1.82, 2.24) is 15.3 Å². The molecule has 2 fully saturated rings. The number of nitrogens with zero attached hydrogens (tertiary/aromatic N) is 2. The number of nitrogens with one attached hydrogen (secondary N) is 1. The first-order valence-electron chi connectivity index (χ1n) is 10.3. The molecule has 4 rings (SSSR count). The van der Waals surface area contributed by atoms with Gasteiger partial charge in [-0.25, -0.2) is 9.97 Å². The molecule has 0 unspecified atom stereocenters. The van der Waals surface area contributed by atoms with Gasteiger partial charge in [0.2, 0.25) is 5.91 Å². The van der Waals surface area contributed by atoms with Crippen LogP contribution < -0.4 is 5.32 Å². The Morgan fingerprint density at radius 3 is 2.52 bits per heavy atom. The molecule has 6 heteroatoms. The van der Waals surface area contributed by atoms with Crippen molar-refractivity contribution < 1.29 is 4.79 Å². The van der Waals surface area contributed by atoms with Gasteiger partial charge in [-0.15, -0.1) is 11.3 Å². The molecule has 0 spiro atoms. The highest BCUT2D eigenvalue weighted by Gasteiger charge is 2.23. The van der Waals surface area contributed by atoms with E-state index in [4.69, 9.17) is 9.97 Å². The van der Waals surface area contributed by atoms with E-state index in [0.29, 0.717) is 17.7 Å². The fraction of sp³-hybridized carbons (Fsp3) is 0.667. The van der Waals surface area contributed by atoms with E-state index < -0.39 is 0 Å². The van der Waals surface area contributed by atoms with E-state index in [1.54, 1.807) is 23.1 Å². The third-order valence-electron chi connectivity index (χ3n) is 6.04. The fourth-order valence-electron chi connectivity index (χ4n) is 4.35. The summed E-state index contributed by atoms with van der Waals surface area (Å²) in [5.74, 6) is 2.07. The molecule has 1 N–H and O–H groups in total. The summed E-state index contributed by atoms with van der Waals surface area (Å²) < 4.78 is 0. The number of rotatable bonds is 5. The van der Waals surface area contributed by atoms with Crippen molar-refractivity contribution >= 4 is 39.2 Å². The molecule has 0 saturated heterocycles. The maximum atomic E-state index is 12.4. The molecule has 146 valence electrons. The molecule has 0 atom stereocenters. The van der Waals surface area contributed by atoms with Gasteiger partial charge in [-0.2, -0.15) is 0 Å². The molecule has 0 aliphatic heterocycles. The van der Waals surface area contributed by atoms with Crippen LogP contribution in [-0.4, -0.2) is 27.7 Å². The topological polar surface area (TPSA) is 54.9 Å². The van der Waals surface area contributed by atoms with Gasteiger partial charge in [-0.1, -0.05) is 43.9 Å². The van der Waals surface area contributed by atoms with Gasteiger partial charge in [-0.3, -0.25) is 4.79 Å². The van der Waals surface area contributed by atoms with Crippen LogP contribution in [0.1, 0.15) is 80.0 Å². The van der Waals surface area contributed by atoms with Crippen molar-refractivity contribution in [2.24, 2.45) is 0 Å². The monoisotopic (exact) mass is 403 g/mol. The Labute approximate surface area is 169 Å². The first-order valence-corrected chi connectivity index (χ1v) is 12.1. The van der Waals surface area contributed by atoms with Crippen molar-refractivity contribution in [3.05, 3.63) is 16.3 Å². The molecule has 2 heterocycles. The van der Waals surface area contributed by atoms with E-state index in [2.05, 4.69) is 19.2 Å². The fourth-order valence-corrected chi connectivity index (χ4v) is 6.35. The molecule has 2 saturated carbocycles. The lowest BCUT2D eigenvalue weighted by atomic mass is 9.89. The van der Waals surface area contributed by atoms with Crippen LogP contribution in [0.15, 0.2) is 5.03 Å². The predicted octanol–water partition coefficient (Wildman–Crippen LogP) is 5.51. The number of aryl methyl sites for hydroxylation is 2. The van der Waals surface area contributed by atoms with E-state index in [1.165, 1.54) is 55.4 Å². The van der Waals surface area contributed by atoms with Crippen LogP contribution in [0.3, 0.4) is 0 Å². The van der Waals surface area contributed by atoms with Crippen molar-refractivity contribution in [2.45, 2.75) is 88.6 Å². The van der Waals surface area contributed by atoms with Crippen LogP contribution in [0.2, 0.25) is 0 Å². The van der Waals surface area contributed by atoms with Crippen molar-refractivity contribution in [3.8, 4) is 0 Å². The van der Waals surface area contributed by atoms with Crippen LogP contribution in [0.25, 0.3) is 10.2 Å². The minimum absolute atomic E-state index is 0.141. The zero-order valence-corrected chi connectivity index (χ0v) is 18.0. The lowest BCUT2D eigenvalue weighted by Crippen LogP contribution is -2.33. The zero-order chi connectivity index (χ0) is 18.8. The summed E-state index contributed by atoms with van der Waals surface area (Å²) in [6.07, 6.45) is 11.0. The molecule has 2 aromatic heterocycles. The molecular formula is C21H29N3OS2. The number of thiophene rings is 1. The van der Waals surface area contributed by atoms with Gasteiger partial charge in [0.15, 0.2) is 0 Å². The van der Waals surface area contributed by atoms with Crippen LogP contribution in [0, 0.1) is 13.8 Å². The molecule has 0 bridgehead atoms. The number of thioether (sulfide) groups is 1. The maximum Gasteiger partial charge on any atom is 0.230 e. The highest BCUT2D eigenvalue weighted by Crippen LogP contribution is 2.38. The summed E-state index contributed by atoms with van der Waals surface area (Å²) in [5, 5.41) is 5.36. The summed E-state index contributed by atoms with van der Waals surface area (Å²) in [4.78, 5) is 24.7. The Bertz CT molecular complexity index is 820. The Morgan fingerprint density at radius 1 is 1.07 bits per heavy atom. The standard InChI is InChI=1S/C21H29N3OS2/c1-13-14(2)27-21-18(13)20(23-19(24-21)15-8-4-3-5-9-15)26-12-17(25)22-16-10-6-7-11-16/h15-16H,3-12H2,1-2H3,(H,22,25). The summed E-state index contributed by atoms with van der Waals surface area (Å²) in [6.45, 7) is 4.31. The van der Waals surface area contributed by atoms with E-state index in [0.717, 1.165) is 33.9 Å². The van der Waals surface area contributed by atoms with Crippen molar-refractivity contribution in [1.29, 1.82) is 0 Å². The lowest BCUT2D eigenvalue weighted by Gasteiger charge is -2.20. The molecule has 4 nitrogen and oxygen atoms in total. The highest BCUT2D eigenvalue weighted by molar-refractivity contribution is 8.00. The number of fused-ring (bicyclic) bond motifs is 1. The number of aromatic nitrogens is 2. The number of carbonyl (C=O) groups excluding carboxylic acids is 1. The van der Waals surface area contributed by atoms with Crippen LogP contribution >= 0.6 is 23.1 Å². The van der Waals surface area contributed by atoms with E-state index in [1.807, 2.05) is 0 Å². The van der Waals surface area contributed by atoms with Crippen LogP contribution in [0.5, 0.6) is 0 Å². The molecule has 2 aliphatic carbocycles. The Balaban J connectivity index is 1.56. The lowest BCUT2D eigenvalue weighted by molar-refractivity contribution is -0.119. The normalized spacial score (nSPS) is 19.0. The maximum absolute atomic E-state index is 12.4. The second-order valence-electron chi connectivity index (χ2n) is 8.02. The average molecular weight is 404 g/mol. The second-order valence-corrected chi connectivity index (χ2v) is 10.2. The molecule has 27 heavy (non-hydrogen) atoms. The summed E-state index contributed by atoms with van der Waals surface area (Å²) in [7, 11) is 0. The van der Waals surface area contributed by atoms with Crippen LogP contribution in [-0.2, 0) is 4.79 Å². The Kier molecular flexibility index (Phi) is 6.02. The van der Waals surface area contributed by atoms with Gasteiger partial charge >= 0.3 is 0 Å². The molecular weight excluding hydrogens is 374 g/mol. The largest absolute Gasteiger partial charge is 0.353 e. The third-order valence-corrected chi connectivity index (χ3v) is 8.12. The van der Waals surface area contributed by atoms with Gasteiger partial charge in [0.1, 0.15) is 15.7 Å². The molecule has 2 aromatic rings. The zero-order valence-electron chi connectivity index (χ0n) is 16.3. The van der Waals surface area contributed by atoms with Crippen molar-refractivity contribution in [3.63, 3.8) is 0 Å². The predicted molar refractivity (Wildman–Crippen MR) is 114 cm³/mol. The van der Waals surface area contributed by atoms with Gasteiger partial charge in [0, 0.05) is 22.2 Å². The number of hydrogen-bond donors (Lipinski definition) is 1. The quantitative estimate of drug-likeness (QED) is 0.528. The minimum atomic E-state index is 0.141. The number of amides is 1. The summed E-state index contributed by atoms with van der Waals surface area (Å²) in [5.41, 5.74) is 1.27. The number of carbonyl (C=O) groups is 1. The van der Waals surface area contributed by atoms with Gasteiger partial charge in [-0.05, 0) is 45.1 Å². The van der Waals surface area contributed by atoms with E-state index >= 15 is 0 Å². The summed E-state index contributed by atoms with van der Waals surface area (Å²) in [6, 6.07) is 0.381. The first-order chi connectivity index (χ1) is 13.1. The summed E-state index contributed by atoms with van der Waals surface area (Å²) >= 11 is 3.36. The molecule has 0 radical (unpaired) electrons. The van der Waals surface area contributed by atoms with Gasteiger partial charge < -0.3 is 5.32 Å². The molecule has 0 aromatic carbocycles.